The van der Waals surface area contributed by atoms with Gasteiger partial charge in [-0.15, -0.1) is 0 Å². The van der Waals surface area contributed by atoms with E-state index in [0.29, 0.717) is 5.56 Å². The van der Waals surface area contributed by atoms with Crippen LogP contribution in [-0.2, 0) is 9.47 Å². The molecule has 3 rings (SSSR count). The van der Waals surface area contributed by atoms with Gasteiger partial charge in [0.2, 0.25) is 0 Å². The number of fused-ring (bicyclic) bond motifs is 1. The lowest BCUT2D eigenvalue weighted by Crippen LogP contribution is -2.20. The molecule has 2 aromatic rings. The number of carbonyl (C=O) groups is 1. The number of rotatable bonds is 2. The maximum Gasteiger partial charge on any atom is 0.340 e. The number of methoxy groups -OCH3 is 1. The van der Waals surface area contributed by atoms with E-state index in [1.54, 1.807) is 16.9 Å². The molecule has 2 heterocycles. The van der Waals surface area contributed by atoms with Crippen LogP contribution in [0.25, 0.3) is 10.9 Å². The van der Waals surface area contributed by atoms with E-state index in [-0.39, 0.29) is 12.2 Å². The fourth-order valence-corrected chi connectivity index (χ4v) is 2.51. The van der Waals surface area contributed by atoms with Gasteiger partial charge in [0.05, 0.1) is 24.4 Å². The highest BCUT2D eigenvalue weighted by molar-refractivity contribution is 6.02. The summed E-state index contributed by atoms with van der Waals surface area (Å²) < 4.78 is 12.4. The second-order valence-corrected chi connectivity index (χ2v) is 4.65. The van der Waals surface area contributed by atoms with Gasteiger partial charge >= 0.3 is 5.97 Å². The number of carbonyl (C=O) groups excluding carboxylic acids is 1. The Balaban J connectivity index is 2.11. The number of para-hydroxylation sites is 1. The first-order valence-corrected chi connectivity index (χ1v) is 6.47. The van der Waals surface area contributed by atoms with E-state index in [1.807, 2.05) is 12.1 Å². The number of aromatic nitrogens is 2. The summed E-state index contributed by atoms with van der Waals surface area (Å²) in [5, 5.41) is 5.31. The summed E-state index contributed by atoms with van der Waals surface area (Å²) in [5.74, 6) is -0.344. The number of esters is 1. The molecule has 0 amide bonds. The monoisotopic (exact) mass is 260 g/mol. The van der Waals surface area contributed by atoms with Crippen LogP contribution in [0.3, 0.4) is 0 Å². The van der Waals surface area contributed by atoms with Gasteiger partial charge in [-0.25, -0.2) is 9.48 Å². The van der Waals surface area contributed by atoms with Crippen molar-refractivity contribution in [2.45, 2.75) is 25.5 Å². The van der Waals surface area contributed by atoms with Crippen LogP contribution in [0.15, 0.2) is 24.4 Å². The lowest BCUT2D eigenvalue weighted by molar-refractivity contribution is -0.0367. The predicted molar refractivity (Wildman–Crippen MR) is 69.9 cm³/mol. The summed E-state index contributed by atoms with van der Waals surface area (Å²) in [7, 11) is 1.39. The van der Waals surface area contributed by atoms with Crippen molar-refractivity contribution < 1.29 is 14.3 Å². The molecule has 0 radical (unpaired) electrons. The van der Waals surface area contributed by atoms with Crippen molar-refractivity contribution in [1.29, 1.82) is 0 Å². The van der Waals surface area contributed by atoms with Crippen molar-refractivity contribution in [3.8, 4) is 0 Å². The molecule has 5 nitrogen and oxygen atoms in total. The van der Waals surface area contributed by atoms with Gasteiger partial charge in [-0.2, -0.15) is 5.10 Å². The summed E-state index contributed by atoms with van der Waals surface area (Å²) in [4.78, 5) is 11.9. The minimum absolute atomic E-state index is 0.0861. The third-order valence-electron chi connectivity index (χ3n) is 3.45. The quantitative estimate of drug-likeness (QED) is 0.778. The van der Waals surface area contributed by atoms with Crippen molar-refractivity contribution in [3.63, 3.8) is 0 Å². The SMILES string of the molecule is COC(=O)c1cccc2cnn(C3CCCCO3)c12. The summed E-state index contributed by atoms with van der Waals surface area (Å²) in [6, 6.07) is 5.53. The Morgan fingerprint density at radius 1 is 1.47 bits per heavy atom. The highest BCUT2D eigenvalue weighted by Gasteiger charge is 2.22. The number of hydrogen-bond donors (Lipinski definition) is 0. The Kier molecular flexibility index (Phi) is 3.21. The van der Waals surface area contributed by atoms with Crippen LogP contribution >= 0.6 is 0 Å². The summed E-state index contributed by atoms with van der Waals surface area (Å²) in [6.45, 7) is 0.742. The second-order valence-electron chi connectivity index (χ2n) is 4.65. The molecule has 0 bridgehead atoms. The number of benzene rings is 1. The van der Waals surface area contributed by atoms with Crippen molar-refractivity contribution in [1.82, 2.24) is 9.78 Å². The Hall–Kier alpha value is -1.88. The minimum Gasteiger partial charge on any atom is -0.465 e. The van der Waals surface area contributed by atoms with Crippen molar-refractivity contribution in [3.05, 3.63) is 30.0 Å². The molecule has 1 saturated heterocycles. The largest absolute Gasteiger partial charge is 0.465 e. The normalized spacial score (nSPS) is 19.5. The van der Waals surface area contributed by atoms with Gasteiger partial charge in [0.15, 0.2) is 6.23 Å². The Morgan fingerprint density at radius 2 is 2.37 bits per heavy atom. The lowest BCUT2D eigenvalue weighted by atomic mass is 10.1. The molecule has 1 fully saturated rings. The van der Waals surface area contributed by atoms with E-state index in [4.69, 9.17) is 9.47 Å². The fraction of sp³-hybridized carbons (Fsp3) is 0.429. The van der Waals surface area contributed by atoms with Gasteiger partial charge in [0.1, 0.15) is 0 Å². The van der Waals surface area contributed by atoms with Crippen LogP contribution in [0.5, 0.6) is 0 Å². The molecule has 0 spiro atoms. The zero-order valence-electron chi connectivity index (χ0n) is 10.8. The Morgan fingerprint density at radius 3 is 3.11 bits per heavy atom. The third-order valence-corrected chi connectivity index (χ3v) is 3.45. The van der Waals surface area contributed by atoms with E-state index in [2.05, 4.69) is 5.10 Å². The maximum atomic E-state index is 11.9. The van der Waals surface area contributed by atoms with Crippen LogP contribution in [0.4, 0.5) is 0 Å². The molecule has 100 valence electrons. The zero-order chi connectivity index (χ0) is 13.2. The molecule has 1 aliphatic heterocycles. The second kappa shape index (κ2) is 5.01. The summed E-state index contributed by atoms with van der Waals surface area (Å²) in [5.41, 5.74) is 1.33. The Labute approximate surface area is 111 Å². The van der Waals surface area contributed by atoms with E-state index in [0.717, 1.165) is 36.8 Å². The first-order valence-electron chi connectivity index (χ1n) is 6.47. The number of hydrogen-bond acceptors (Lipinski definition) is 4. The van der Waals surface area contributed by atoms with Gasteiger partial charge in [-0.05, 0) is 25.3 Å². The van der Waals surface area contributed by atoms with Gasteiger partial charge in [0, 0.05) is 12.0 Å². The first-order chi connectivity index (χ1) is 9.31. The van der Waals surface area contributed by atoms with Gasteiger partial charge in [-0.1, -0.05) is 12.1 Å². The van der Waals surface area contributed by atoms with Gasteiger partial charge in [0.25, 0.3) is 0 Å². The van der Waals surface area contributed by atoms with Gasteiger partial charge < -0.3 is 9.47 Å². The molecular weight excluding hydrogens is 244 g/mol. The standard InChI is InChI=1S/C14H16N2O3/c1-18-14(17)11-6-4-5-10-9-15-16(13(10)11)12-7-2-3-8-19-12/h4-6,9,12H,2-3,7-8H2,1H3. The van der Waals surface area contributed by atoms with Crippen LogP contribution in [0, 0.1) is 0 Å². The van der Waals surface area contributed by atoms with E-state index < -0.39 is 0 Å². The highest BCUT2D eigenvalue weighted by atomic mass is 16.5. The molecule has 5 heteroatoms. The minimum atomic E-state index is -0.344. The maximum absolute atomic E-state index is 11.9. The molecule has 0 N–H and O–H groups in total. The zero-order valence-corrected chi connectivity index (χ0v) is 10.8. The van der Waals surface area contributed by atoms with Crippen molar-refractivity contribution in [2.24, 2.45) is 0 Å². The first kappa shape index (κ1) is 12.2. The van der Waals surface area contributed by atoms with Crippen molar-refractivity contribution in [2.75, 3.05) is 13.7 Å². The number of ether oxygens (including phenoxy) is 2. The predicted octanol–water partition coefficient (Wildman–Crippen LogP) is 2.52. The molecule has 1 aromatic carbocycles. The molecule has 0 aliphatic carbocycles. The van der Waals surface area contributed by atoms with Crippen LogP contribution in [0.2, 0.25) is 0 Å². The smallest absolute Gasteiger partial charge is 0.340 e. The van der Waals surface area contributed by atoms with Crippen LogP contribution in [-0.4, -0.2) is 29.5 Å². The third kappa shape index (κ3) is 2.10. The fourth-order valence-electron chi connectivity index (χ4n) is 2.51. The number of nitrogens with zero attached hydrogens (tertiary/aromatic N) is 2. The topological polar surface area (TPSA) is 53.3 Å². The summed E-state index contributed by atoms with van der Waals surface area (Å²) >= 11 is 0. The van der Waals surface area contributed by atoms with Gasteiger partial charge in [-0.3, -0.25) is 0 Å². The van der Waals surface area contributed by atoms with E-state index in [9.17, 15) is 4.79 Å². The average Bonchev–Trinajstić information content (AvgIpc) is 2.91. The molecule has 1 unspecified atom stereocenters. The van der Waals surface area contributed by atoms with E-state index in [1.165, 1.54) is 7.11 Å². The molecule has 0 saturated carbocycles. The van der Waals surface area contributed by atoms with Crippen LogP contribution in [0.1, 0.15) is 35.8 Å². The molecular formula is C14H16N2O3. The van der Waals surface area contributed by atoms with Crippen molar-refractivity contribution >= 4 is 16.9 Å². The molecule has 1 aromatic heterocycles. The van der Waals surface area contributed by atoms with Crippen LogP contribution < -0.4 is 0 Å². The van der Waals surface area contributed by atoms with E-state index >= 15 is 0 Å². The highest BCUT2D eigenvalue weighted by Crippen LogP contribution is 2.28. The Bertz CT molecular complexity index is 600. The molecule has 1 atom stereocenters. The molecule has 19 heavy (non-hydrogen) atoms. The average molecular weight is 260 g/mol. The molecule has 1 aliphatic rings. The summed E-state index contributed by atoms with van der Waals surface area (Å²) in [6.07, 6.45) is 4.80. The lowest BCUT2D eigenvalue weighted by Gasteiger charge is -2.23.